The molecule has 0 amide bonds. The molecule has 0 aliphatic carbocycles. The van der Waals surface area contributed by atoms with Crippen molar-refractivity contribution in [2.24, 2.45) is 5.73 Å². The van der Waals surface area contributed by atoms with Gasteiger partial charge >= 0.3 is 0 Å². The van der Waals surface area contributed by atoms with Gasteiger partial charge in [-0.25, -0.2) is 0 Å². The number of nitrogens with two attached hydrogens (primary N) is 1. The van der Waals surface area contributed by atoms with Crippen molar-refractivity contribution in [3.63, 3.8) is 0 Å². The Kier molecular flexibility index (Phi) is 4.31. The third-order valence-corrected chi connectivity index (χ3v) is 2.30. The van der Waals surface area contributed by atoms with E-state index in [9.17, 15) is 4.79 Å². The monoisotopic (exact) mass is 223 g/mol. The topological polar surface area (TPSA) is 61.5 Å². The summed E-state index contributed by atoms with van der Waals surface area (Å²) in [7, 11) is 3.15. The Morgan fingerprint density at radius 3 is 2.12 bits per heavy atom. The fourth-order valence-corrected chi connectivity index (χ4v) is 1.33. The summed E-state index contributed by atoms with van der Waals surface area (Å²) in [5.74, 6) is 1.34. The van der Waals surface area contributed by atoms with Gasteiger partial charge in [-0.3, -0.25) is 4.79 Å². The third kappa shape index (κ3) is 3.24. The number of carbonyl (C=O) groups is 1. The van der Waals surface area contributed by atoms with Crippen molar-refractivity contribution in [2.75, 3.05) is 14.2 Å². The molecule has 1 unspecified atom stereocenters. The smallest absolute Gasteiger partial charge is 0.153 e. The van der Waals surface area contributed by atoms with Crippen molar-refractivity contribution in [1.29, 1.82) is 0 Å². The van der Waals surface area contributed by atoms with Gasteiger partial charge in [-0.1, -0.05) is 0 Å². The van der Waals surface area contributed by atoms with Gasteiger partial charge in [0.25, 0.3) is 0 Å². The highest BCUT2D eigenvalue weighted by Gasteiger charge is 2.10. The number of benzene rings is 1. The molecule has 1 aromatic carbocycles. The average molecular weight is 223 g/mol. The van der Waals surface area contributed by atoms with Gasteiger partial charge in [0.15, 0.2) is 5.78 Å². The second kappa shape index (κ2) is 5.51. The van der Waals surface area contributed by atoms with Crippen LogP contribution in [0.3, 0.4) is 0 Å². The molecule has 0 fully saturated rings. The fourth-order valence-electron chi connectivity index (χ4n) is 1.33. The zero-order valence-corrected chi connectivity index (χ0v) is 9.82. The van der Waals surface area contributed by atoms with Crippen LogP contribution in [0.1, 0.15) is 12.5 Å². The lowest BCUT2D eigenvalue weighted by atomic mass is 10.0. The lowest BCUT2D eigenvalue weighted by Crippen LogP contribution is -2.28. The Morgan fingerprint density at radius 2 is 1.75 bits per heavy atom. The standard InChI is InChI=1S/C12H17NO3/c1-8(13)12(14)6-9-4-10(15-2)7-11(5-9)16-3/h4-5,7-8H,6,13H2,1-3H3. The quantitative estimate of drug-likeness (QED) is 0.813. The van der Waals surface area contributed by atoms with Crippen LogP contribution in [0.5, 0.6) is 11.5 Å². The third-order valence-electron chi connectivity index (χ3n) is 2.30. The molecule has 1 aromatic rings. The molecular formula is C12H17NO3. The van der Waals surface area contributed by atoms with E-state index in [-0.39, 0.29) is 5.78 Å². The van der Waals surface area contributed by atoms with E-state index in [2.05, 4.69) is 0 Å². The first kappa shape index (κ1) is 12.5. The van der Waals surface area contributed by atoms with Crippen LogP contribution in [0.25, 0.3) is 0 Å². The molecule has 0 radical (unpaired) electrons. The molecule has 1 rings (SSSR count). The Labute approximate surface area is 95.3 Å². The van der Waals surface area contributed by atoms with Crippen LogP contribution in [0, 0.1) is 0 Å². The first-order valence-corrected chi connectivity index (χ1v) is 5.07. The molecule has 1 atom stereocenters. The molecule has 0 aliphatic heterocycles. The van der Waals surface area contributed by atoms with Gasteiger partial charge in [0.1, 0.15) is 11.5 Å². The Morgan fingerprint density at radius 1 is 1.25 bits per heavy atom. The molecular weight excluding hydrogens is 206 g/mol. The van der Waals surface area contributed by atoms with Gasteiger partial charge < -0.3 is 15.2 Å². The van der Waals surface area contributed by atoms with E-state index in [0.717, 1.165) is 5.56 Å². The zero-order valence-electron chi connectivity index (χ0n) is 9.82. The molecule has 4 nitrogen and oxygen atoms in total. The molecule has 0 aromatic heterocycles. The van der Waals surface area contributed by atoms with Crippen LogP contribution in [0.15, 0.2) is 18.2 Å². The highest BCUT2D eigenvalue weighted by Crippen LogP contribution is 2.22. The van der Waals surface area contributed by atoms with E-state index in [0.29, 0.717) is 17.9 Å². The van der Waals surface area contributed by atoms with E-state index in [1.165, 1.54) is 0 Å². The molecule has 0 heterocycles. The summed E-state index contributed by atoms with van der Waals surface area (Å²) in [6.07, 6.45) is 0.297. The minimum absolute atomic E-state index is 0.00435. The lowest BCUT2D eigenvalue weighted by Gasteiger charge is -2.09. The van der Waals surface area contributed by atoms with Crippen molar-refractivity contribution in [2.45, 2.75) is 19.4 Å². The second-order valence-electron chi connectivity index (χ2n) is 3.65. The molecule has 0 bridgehead atoms. The second-order valence-corrected chi connectivity index (χ2v) is 3.65. The number of hydrogen-bond acceptors (Lipinski definition) is 4. The predicted molar refractivity (Wildman–Crippen MR) is 61.9 cm³/mol. The summed E-state index contributed by atoms with van der Waals surface area (Å²) in [6.45, 7) is 1.68. The molecule has 0 saturated heterocycles. The molecule has 0 aliphatic rings. The van der Waals surface area contributed by atoms with Gasteiger partial charge in [-0.15, -0.1) is 0 Å². The van der Waals surface area contributed by atoms with Crippen LogP contribution in [-0.2, 0) is 11.2 Å². The van der Waals surface area contributed by atoms with Crippen LogP contribution < -0.4 is 15.2 Å². The minimum atomic E-state index is -0.447. The summed E-state index contributed by atoms with van der Waals surface area (Å²) in [6, 6.07) is 4.93. The van der Waals surface area contributed by atoms with Gasteiger partial charge in [0.05, 0.1) is 20.3 Å². The van der Waals surface area contributed by atoms with E-state index in [4.69, 9.17) is 15.2 Å². The van der Waals surface area contributed by atoms with Crippen molar-refractivity contribution in [3.8, 4) is 11.5 Å². The van der Waals surface area contributed by atoms with E-state index in [1.807, 2.05) is 12.1 Å². The minimum Gasteiger partial charge on any atom is -0.497 e. The highest BCUT2D eigenvalue weighted by molar-refractivity contribution is 5.85. The Bertz CT molecular complexity index is 352. The zero-order chi connectivity index (χ0) is 12.1. The van der Waals surface area contributed by atoms with Gasteiger partial charge in [0.2, 0.25) is 0 Å². The average Bonchev–Trinajstić information content (AvgIpc) is 2.28. The summed E-state index contributed by atoms with van der Waals surface area (Å²) < 4.78 is 10.2. The fraction of sp³-hybridized carbons (Fsp3) is 0.417. The molecule has 2 N–H and O–H groups in total. The maximum Gasteiger partial charge on any atom is 0.153 e. The SMILES string of the molecule is COc1cc(CC(=O)C(C)N)cc(OC)c1. The molecule has 0 spiro atoms. The number of ether oxygens (including phenoxy) is 2. The van der Waals surface area contributed by atoms with E-state index >= 15 is 0 Å². The van der Waals surface area contributed by atoms with Crippen molar-refractivity contribution in [3.05, 3.63) is 23.8 Å². The maximum atomic E-state index is 11.5. The van der Waals surface area contributed by atoms with Gasteiger partial charge in [-0.2, -0.15) is 0 Å². The maximum absolute atomic E-state index is 11.5. The predicted octanol–water partition coefficient (Wildman–Crippen LogP) is 1.16. The van der Waals surface area contributed by atoms with Crippen LogP contribution >= 0.6 is 0 Å². The highest BCUT2D eigenvalue weighted by atomic mass is 16.5. The van der Waals surface area contributed by atoms with Crippen molar-refractivity contribution in [1.82, 2.24) is 0 Å². The number of hydrogen-bond donors (Lipinski definition) is 1. The Balaban J connectivity index is 2.91. The van der Waals surface area contributed by atoms with Crippen molar-refractivity contribution >= 4 is 5.78 Å². The summed E-state index contributed by atoms with van der Waals surface area (Å²) in [5, 5.41) is 0. The molecule has 88 valence electrons. The number of ketones is 1. The van der Waals surface area contributed by atoms with Crippen LogP contribution in [-0.4, -0.2) is 26.0 Å². The molecule has 0 saturated carbocycles. The number of methoxy groups -OCH3 is 2. The summed E-state index contributed by atoms with van der Waals surface area (Å²) in [4.78, 5) is 11.5. The number of rotatable bonds is 5. The molecule has 4 heteroatoms. The molecule has 16 heavy (non-hydrogen) atoms. The summed E-state index contributed by atoms with van der Waals surface area (Å²) in [5.41, 5.74) is 6.36. The van der Waals surface area contributed by atoms with Gasteiger partial charge in [-0.05, 0) is 24.6 Å². The summed E-state index contributed by atoms with van der Waals surface area (Å²) >= 11 is 0. The van der Waals surface area contributed by atoms with E-state index < -0.39 is 6.04 Å². The van der Waals surface area contributed by atoms with Gasteiger partial charge in [0, 0.05) is 12.5 Å². The van der Waals surface area contributed by atoms with Crippen molar-refractivity contribution < 1.29 is 14.3 Å². The van der Waals surface area contributed by atoms with Crippen LogP contribution in [0.4, 0.5) is 0 Å². The number of Topliss-reactive ketones (excluding diaryl/α,β-unsaturated/α-hetero) is 1. The first-order chi connectivity index (χ1) is 7.56. The lowest BCUT2D eigenvalue weighted by molar-refractivity contribution is -0.119. The number of carbonyl (C=O) groups excluding carboxylic acids is 1. The first-order valence-electron chi connectivity index (χ1n) is 5.07. The van der Waals surface area contributed by atoms with E-state index in [1.54, 1.807) is 27.2 Å². The Hall–Kier alpha value is -1.55. The largest absolute Gasteiger partial charge is 0.497 e. The van der Waals surface area contributed by atoms with Crippen LogP contribution in [0.2, 0.25) is 0 Å². The normalized spacial score (nSPS) is 12.0.